The molecule has 5 nitrogen and oxygen atoms in total. The number of nitrogens with zero attached hydrogens (tertiary/aromatic N) is 1. The number of hydrogen-bond donors (Lipinski definition) is 2. The van der Waals surface area contributed by atoms with Gasteiger partial charge in [0.25, 0.3) is 0 Å². The van der Waals surface area contributed by atoms with Crippen molar-refractivity contribution in [1.29, 1.82) is 0 Å². The quantitative estimate of drug-likeness (QED) is 0.622. The van der Waals surface area contributed by atoms with Crippen LogP contribution >= 0.6 is 0 Å². The number of rotatable bonds is 5. The lowest BCUT2D eigenvalue weighted by atomic mass is 10.2. The molecule has 0 bridgehead atoms. The third-order valence-corrected chi connectivity index (χ3v) is 3.13. The number of unbranched alkanes of at least 4 members (excludes halogenated alkanes) is 1. The van der Waals surface area contributed by atoms with E-state index in [1.807, 2.05) is 17.0 Å². The second kappa shape index (κ2) is 6.31. The summed E-state index contributed by atoms with van der Waals surface area (Å²) < 4.78 is 5.56. The minimum atomic E-state index is 0.0538. The zero-order valence-electron chi connectivity index (χ0n) is 11.3. The summed E-state index contributed by atoms with van der Waals surface area (Å²) in [7, 11) is 0. The van der Waals surface area contributed by atoms with Crippen LogP contribution in [0.15, 0.2) is 18.2 Å². The first-order chi connectivity index (χ1) is 9.20. The fourth-order valence-corrected chi connectivity index (χ4v) is 2.09. The number of nitrogens with one attached hydrogen (secondary N) is 1. The molecule has 0 unspecified atom stereocenters. The molecule has 1 aliphatic heterocycles. The summed E-state index contributed by atoms with van der Waals surface area (Å²) in [6, 6.07) is 5.54. The Morgan fingerprint density at radius 3 is 3.16 bits per heavy atom. The molecule has 19 heavy (non-hydrogen) atoms. The summed E-state index contributed by atoms with van der Waals surface area (Å²) in [5.74, 6) is 0.811. The SMILES string of the molecule is CCCCNC(=O)CN1CCOc2cc(N)ccc21. The lowest BCUT2D eigenvalue weighted by Gasteiger charge is -2.30. The zero-order valence-corrected chi connectivity index (χ0v) is 11.3. The Morgan fingerprint density at radius 1 is 1.53 bits per heavy atom. The number of nitrogens with two attached hydrogens (primary N) is 1. The molecule has 104 valence electrons. The number of carbonyl (C=O) groups is 1. The molecule has 0 radical (unpaired) electrons. The maximum atomic E-state index is 11.8. The number of carbonyl (C=O) groups excluding carboxylic acids is 1. The van der Waals surface area contributed by atoms with Crippen LogP contribution in [0.3, 0.4) is 0 Å². The van der Waals surface area contributed by atoms with Crippen LogP contribution in [-0.4, -0.2) is 32.1 Å². The summed E-state index contributed by atoms with van der Waals surface area (Å²) in [5, 5.41) is 2.93. The van der Waals surface area contributed by atoms with Gasteiger partial charge in [-0.2, -0.15) is 0 Å². The summed E-state index contributed by atoms with van der Waals surface area (Å²) in [4.78, 5) is 13.9. The van der Waals surface area contributed by atoms with E-state index in [-0.39, 0.29) is 5.91 Å². The summed E-state index contributed by atoms with van der Waals surface area (Å²) in [6.45, 7) is 4.52. The number of amides is 1. The van der Waals surface area contributed by atoms with Crippen LogP contribution in [0.25, 0.3) is 0 Å². The molecule has 0 aliphatic carbocycles. The molecule has 1 aromatic carbocycles. The van der Waals surface area contributed by atoms with Gasteiger partial charge in [0.05, 0.1) is 18.8 Å². The van der Waals surface area contributed by atoms with Gasteiger partial charge in [-0.25, -0.2) is 0 Å². The second-order valence-electron chi connectivity index (χ2n) is 4.70. The van der Waals surface area contributed by atoms with Gasteiger partial charge < -0.3 is 20.7 Å². The average molecular weight is 263 g/mol. The number of benzene rings is 1. The fourth-order valence-electron chi connectivity index (χ4n) is 2.09. The van der Waals surface area contributed by atoms with E-state index in [1.54, 1.807) is 6.07 Å². The van der Waals surface area contributed by atoms with Gasteiger partial charge in [0.15, 0.2) is 0 Å². The van der Waals surface area contributed by atoms with Crippen molar-refractivity contribution in [2.24, 2.45) is 0 Å². The molecule has 0 saturated heterocycles. The van der Waals surface area contributed by atoms with E-state index in [1.165, 1.54) is 0 Å². The van der Waals surface area contributed by atoms with Gasteiger partial charge in [0.2, 0.25) is 5.91 Å². The van der Waals surface area contributed by atoms with Crippen molar-refractivity contribution in [2.45, 2.75) is 19.8 Å². The van der Waals surface area contributed by atoms with Crippen LogP contribution in [-0.2, 0) is 4.79 Å². The van der Waals surface area contributed by atoms with E-state index >= 15 is 0 Å². The van der Waals surface area contributed by atoms with Gasteiger partial charge in [-0.15, -0.1) is 0 Å². The third-order valence-electron chi connectivity index (χ3n) is 3.13. The summed E-state index contributed by atoms with van der Waals surface area (Å²) in [6.07, 6.45) is 2.10. The Bertz CT molecular complexity index is 448. The van der Waals surface area contributed by atoms with Crippen molar-refractivity contribution in [1.82, 2.24) is 5.32 Å². The largest absolute Gasteiger partial charge is 0.489 e. The van der Waals surface area contributed by atoms with Crippen LogP contribution in [0.4, 0.5) is 11.4 Å². The lowest BCUT2D eigenvalue weighted by molar-refractivity contribution is -0.119. The molecule has 1 heterocycles. The molecule has 1 aromatic rings. The van der Waals surface area contributed by atoms with E-state index in [2.05, 4.69) is 12.2 Å². The molecule has 0 atom stereocenters. The molecule has 0 saturated carbocycles. The van der Waals surface area contributed by atoms with E-state index in [0.29, 0.717) is 18.8 Å². The molecule has 3 N–H and O–H groups in total. The third kappa shape index (κ3) is 3.53. The number of anilines is 2. The van der Waals surface area contributed by atoms with E-state index in [0.717, 1.165) is 37.4 Å². The highest BCUT2D eigenvalue weighted by Gasteiger charge is 2.20. The van der Waals surface area contributed by atoms with Gasteiger partial charge >= 0.3 is 0 Å². The van der Waals surface area contributed by atoms with Crippen molar-refractivity contribution >= 4 is 17.3 Å². The van der Waals surface area contributed by atoms with Crippen LogP contribution < -0.4 is 20.7 Å². The van der Waals surface area contributed by atoms with Crippen LogP contribution in [0.2, 0.25) is 0 Å². The highest BCUT2D eigenvalue weighted by Crippen LogP contribution is 2.32. The number of nitrogen functional groups attached to an aromatic ring is 1. The second-order valence-corrected chi connectivity index (χ2v) is 4.70. The Balaban J connectivity index is 1.97. The smallest absolute Gasteiger partial charge is 0.239 e. The van der Waals surface area contributed by atoms with E-state index in [4.69, 9.17) is 10.5 Å². The number of hydrogen-bond acceptors (Lipinski definition) is 4. The van der Waals surface area contributed by atoms with Crippen LogP contribution in [0.5, 0.6) is 5.75 Å². The Morgan fingerprint density at radius 2 is 2.37 bits per heavy atom. The minimum Gasteiger partial charge on any atom is -0.489 e. The first-order valence-corrected chi connectivity index (χ1v) is 6.74. The first-order valence-electron chi connectivity index (χ1n) is 6.74. The minimum absolute atomic E-state index is 0.0538. The van der Waals surface area contributed by atoms with Crippen molar-refractivity contribution in [3.05, 3.63) is 18.2 Å². The topological polar surface area (TPSA) is 67.6 Å². The molecule has 0 fully saturated rings. The highest BCUT2D eigenvalue weighted by molar-refractivity contribution is 5.82. The van der Waals surface area contributed by atoms with Gasteiger partial charge in [0.1, 0.15) is 12.4 Å². The van der Waals surface area contributed by atoms with Crippen LogP contribution in [0, 0.1) is 0 Å². The predicted octanol–water partition coefficient (Wildman–Crippen LogP) is 1.38. The predicted molar refractivity (Wildman–Crippen MR) is 76.5 cm³/mol. The maximum absolute atomic E-state index is 11.8. The summed E-state index contributed by atoms with van der Waals surface area (Å²) in [5.41, 5.74) is 7.34. The molecule has 1 aliphatic rings. The molecule has 1 amide bonds. The molecule has 2 rings (SSSR count). The molecule has 5 heteroatoms. The van der Waals surface area contributed by atoms with Crippen molar-refractivity contribution in [3.8, 4) is 5.75 Å². The van der Waals surface area contributed by atoms with Crippen molar-refractivity contribution in [3.63, 3.8) is 0 Å². The Hall–Kier alpha value is -1.91. The lowest BCUT2D eigenvalue weighted by Crippen LogP contribution is -2.41. The molecular weight excluding hydrogens is 242 g/mol. The maximum Gasteiger partial charge on any atom is 0.239 e. The fraction of sp³-hybridized carbons (Fsp3) is 0.500. The first kappa shape index (κ1) is 13.5. The van der Waals surface area contributed by atoms with Gasteiger partial charge in [-0.1, -0.05) is 13.3 Å². The van der Waals surface area contributed by atoms with E-state index in [9.17, 15) is 4.79 Å². The normalized spacial score (nSPS) is 13.6. The van der Waals surface area contributed by atoms with Gasteiger partial charge in [0, 0.05) is 18.3 Å². The van der Waals surface area contributed by atoms with Crippen LogP contribution in [0.1, 0.15) is 19.8 Å². The number of ether oxygens (including phenoxy) is 1. The summed E-state index contributed by atoms with van der Waals surface area (Å²) >= 11 is 0. The average Bonchev–Trinajstić information content (AvgIpc) is 2.39. The standard InChI is InChI=1S/C14H21N3O2/c1-2-3-6-16-14(18)10-17-7-8-19-13-9-11(15)4-5-12(13)17/h4-5,9H,2-3,6-8,10,15H2,1H3,(H,16,18). The number of fused-ring (bicyclic) bond motifs is 1. The monoisotopic (exact) mass is 263 g/mol. The van der Waals surface area contributed by atoms with Crippen molar-refractivity contribution in [2.75, 3.05) is 36.9 Å². The molecular formula is C14H21N3O2. The van der Waals surface area contributed by atoms with Crippen molar-refractivity contribution < 1.29 is 9.53 Å². The van der Waals surface area contributed by atoms with E-state index < -0.39 is 0 Å². The Kier molecular flexibility index (Phi) is 4.49. The van der Waals surface area contributed by atoms with Gasteiger partial charge in [-0.05, 0) is 18.6 Å². The van der Waals surface area contributed by atoms with Gasteiger partial charge in [-0.3, -0.25) is 4.79 Å². The zero-order chi connectivity index (χ0) is 13.7. The highest BCUT2D eigenvalue weighted by atomic mass is 16.5. The molecule has 0 aromatic heterocycles. The Labute approximate surface area is 113 Å². The molecule has 0 spiro atoms.